The van der Waals surface area contributed by atoms with Crippen LogP contribution < -0.4 is 5.73 Å². The zero-order valence-corrected chi connectivity index (χ0v) is 9.67. The molecule has 0 saturated heterocycles. The zero-order chi connectivity index (χ0) is 13.0. The number of unbranched alkanes of at least 4 members (excludes halogenated alkanes) is 3. The molecule has 16 heavy (non-hydrogen) atoms. The van der Waals surface area contributed by atoms with Gasteiger partial charge in [-0.25, -0.2) is 0 Å². The number of nitrogens with two attached hydrogens (primary N) is 1. The molecule has 98 valence electrons. The molecule has 0 aliphatic carbocycles. The number of rotatable bonds is 7. The van der Waals surface area contributed by atoms with E-state index in [9.17, 15) is 4.79 Å². The summed E-state index contributed by atoms with van der Waals surface area (Å²) in [6.07, 6.45) is 1.54. The minimum atomic E-state index is -1.67. The summed E-state index contributed by atoms with van der Waals surface area (Å²) in [5.41, 5.74) is 4.55. The van der Waals surface area contributed by atoms with Crippen LogP contribution in [-0.2, 0) is 4.79 Å². The molecule has 0 saturated carbocycles. The number of hydrogen-bond acceptors (Lipinski definition) is 5. The van der Waals surface area contributed by atoms with Crippen LogP contribution in [-0.4, -0.2) is 51.8 Å². The van der Waals surface area contributed by atoms with Crippen LogP contribution in [0, 0.1) is 0 Å². The Morgan fingerprint density at radius 3 is 2.00 bits per heavy atom. The van der Waals surface area contributed by atoms with Crippen LogP contribution in [0.4, 0.5) is 0 Å². The second kappa shape index (κ2) is 12.4. The number of amides is 1. The van der Waals surface area contributed by atoms with Crippen LogP contribution in [0.3, 0.4) is 0 Å². The van der Waals surface area contributed by atoms with Gasteiger partial charge in [0, 0.05) is 6.61 Å². The molecular weight excluding hydrogens is 214 g/mol. The molecule has 6 nitrogen and oxygen atoms in total. The van der Waals surface area contributed by atoms with Gasteiger partial charge in [-0.05, 0) is 6.42 Å². The Morgan fingerprint density at radius 1 is 1.19 bits per heavy atom. The van der Waals surface area contributed by atoms with E-state index in [1.807, 2.05) is 0 Å². The smallest absolute Gasteiger partial charge is 0.249 e. The monoisotopic (exact) mass is 237 g/mol. The third-order valence-corrected chi connectivity index (χ3v) is 1.85. The fraction of sp³-hybridized carbons (Fsp3) is 0.900. The van der Waals surface area contributed by atoms with Crippen LogP contribution in [0.5, 0.6) is 0 Å². The highest BCUT2D eigenvalue weighted by molar-refractivity contribution is 5.79. The van der Waals surface area contributed by atoms with E-state index in [-0.39, 0.29) is 0 Å². The van der Waals surface area contributed by atoms with Gasteiger partial charge in [-0.15, -0.1) is 0 Å². The molecule has 0 fully saturated rings. The number of primary amides is 1. The lowest BCUT2D eigenvalue weighted by Crippen LogP contribution is -2.40. The van der Waals surface area contributed by atoms with Crippen LogP contribution >= 0.6 is 0 Å². The lowest BCUT2D eigenvalue weighted by molar-refractivity contribution is -0.133. The SMILES string of the molecule is CCCCCCO.NC(=O)[C@H](O)[C@H](O)CO. The average molecular weight is 237 g/mol. The normalized spacial score (nSPS) is 13.6. The van der Waals surface area contributed by atoms with Crippen molar-refractivity contribution in [2.75, 3.05) is 13.2 Å². The first kappa shape index (κ1) is 17.7. The van der Waals surface area contributed by atoms with Gasteiger partial charge in [0.25, 0.3) is 0 Å². The van der Waals surface area contributed by atoms with E-state index in [1.165, 1.54) is 19.3 Å². The summed E-state index contributed by atoms with van der Waals surface area (Å²) in [5, 5.41) is 33.4. The van der Waals surface area contributed by atoms with Crippen molar-refractivity contribution < 1.29 is 25.2 Å². The van der Waals surface area contributed by atoms with E-state index in [1.54, 1.807) is 0 Å². The second-order valence-corrected chi connectivity index (χ2v) is 3.38. The van der Waals surface area contributed by atoms with Gasteiger partial charge in [-0.2, -0.15) is 0 Å². The molecule has 6 heteroatoms. The maximum absolute atomic E-state index is 10.0. The molecule has 1 amide bonds. The van der Waals surface area contributed by atoms with E-state index in [2.05, 4.69) is 12.7 Å². The first-order valence-corrected chi connectivity index (χ1v) is 5.38. The van der Waals surface area contributed by atoms with E-state index in [4.69, 9.17) is 20.4 Å². The molecule has 2 atom stereocenters. The molecule has 0 heterocycles. The maximum Gasteiger partial charge on any atom is 0.249 e. The topological polar surface area (TPSA) is 124 Å². The van der Waals surface area contributed by atoms with Crippen LogP contribution in [0.15, 0.2) is 0 Å². The van der Waals surface area contributed by atoms with E-state index in [0.717, 1.165) is 6.42 Å². The first-order valence-electron chi connectivity index (χ1n) is 5.38. The van der Waals surface area contributed by atoms with Crippen molar-refractivity contribution in [1.29, 1.82) is 0 Å². The van der Waals surface area contributed by atoms with E-state index >= 15 is 0 Å². The van der Waals surface area contributed by atoms with Gasteiger partial charge in [0.2, 0.25) is 5.91 Å². The van der Waals surface area contributed by atoms with Gasteiger partial charge in [0.1, 0.15) is 6.10 Å². The lowest BCUT2D eigenvalue weighted by atomic mass is 10.2. The highest BCUT2D eigenvalue weighted by atomic mass is 16.4. The lowest BCUT2D eigenvalue weighted by Gasteiger charge is -2.10. The van der Waals surface area contributed by atoms with Gasteiger partial charge in [0.05, 0.1) is 6.61 Å². The summed E-state index contributed by atoms with van der Waals surface area (Å²) in [5.74, 6) is -1.04. The summed E-state index contributed by atoms with van der Waals surface area (Å²) in [6.45, 7) is 1.85. The Balaban J connectivity index is 0. The molecule has 0 bridgehead atoms. The van der Waals surface area contributed by atoms with Crippen molar-refractivity contribution >= 4 is 5.91 Å². The van der Waals surface area contributed by atoms with Crippen molar-refractivity contribution in [2.45, 2.75) is 44.8 Å². The van der Waals surface area contributed by atoms with Crippen molar-refractivity contribution in [3.05, 3.63) is 0 Å². The number of hydrogen-bond donors (Lipinski definition) is 5. The molecule has 0 aromatic carbocycles. The highest BCUT2D eigenvalue weighted by Crippen LogP contribution is 1.96. The number of aliphatic hydroxyl groups is 4. The molecule has 0 aliphatic heterocycles. The van der Waals surface area contributed by atoms with Gasteiger partial charge in [-0.3, -0.25) is 4.79 Å². The van der Waals surface area contributed by atoms with E-state index < -0.39 is 24.7 Å². The molecule has 0 radical (unpaired) electrons. The van der Waals surface area contributed by atoms with Crippen molar-refractivity contribution in [1.82, 2.24) is 0 Å². The molecule has 0 unspecified atom stereocenters. The number of carbonyl (C=O) groups excluding carboxylic acids is 1. The highest BCUT2D eigenvalue weighted by Gasteiger charge is 2.19. The Morgan fingerprint density at radius 2 is 1.75 bits per heavy atom. The summed E-state index contributed by atoms with van der Waals surface area (Å²) < 4.78 is 0. The summed E-state index contributed by atoms with van der Waals surface area (Å²) in [6, 6.07) is 0. The van der Waals surface area contributed by atoms with Crippen molar-refractivity contribution in [2.24, 2.45) is 5.73 Å². The fourth-order valence-electron chi connectivity index (χ4n) is 0.828. The second-order valence-electron chi connectivity index (χ2n) is 3.38. The standard InChI is InChI=1S/C6H14O.C4H9NO4/c1-2-3-4-5-6-7;5-4(9)3(8)2(7)1-6/h7H,2-6H2,1H3;2-3,6-8H,1H2,(H2,5,9)/t;2-,3-/m.1/s1. The van der Waals surface area contributed by atoms with Gasteiger partial charge in [-0.1, -0.05) is 26.2 Å². The summed E-state index contributed by atoms with van der Waals surface area (Å²) in [4.78, 5) is 10.0. The molecule has 6 N–H and O–H groups in total. The third-order valence-electron chi connectivity index (χ3n) is 1.85. The predicted molar refractivity (Wildman–Crippen MR) is 59.5 cm³/mol. The van der Waals surface area contributed by atoms with Gasteiger partial charge < -0.3 is 26.2 Å². The average Bonchev–Trinajstić information content (AvgIpc) is 2.28. The molecule has 0 rings (SSSR count). The minimum Gasteiger partial charge on any atom is -0.396 e. The Kier molecular flexibility index (Phi) is 13.7. The van der Waals surface area contributed by atoms with E-state index in [0.29, 0.717) is 6.61 Å². The first-order chi connectivity index (χ1) is 7.51. The largest absolute Gasteiger partial charge is 0.396 e. The Hall–Kier alpha value is -0.690. The third kappa shape index (κ3) is 11.4. The number of aliphatic hydroxyl groups excluding tert-OH is 4. The molecule has 0 aromatic rings. The van der Waals surface area contributed by atoms with Crippen LogP contribution in [0.2, 0.25) is 0 Å². The molecular formula is C10H23NO5. The molecule has 0 spiro atoms. The van der Waals surface area contributed by atoms with Gasteiger partial charge in [0.15, 0.2) is 6.10 Å². The maximum atomic E-state index is 10.0. The fourth-order valence-corrected chi connectivity index (χ4v) is 0.828. The predicted octanol–water partition coefficient (Wildman–Crippen LogP) is -1.26. The quantitative estimate of drug-likeness (QED) is 0.354. The van der Waals surface area contributed by atoms with Crippen molar-refractivity contribution in [3.63, 3.8) is 0 Å². The summed E-state index contributed by atoms with van der Waals surface area (Å²) in [7, 11) is 0. The zero-order valence-electron chi connectivity index (χ0n) is 9.67. The molecule has 0 aromatic heterocycles. The van der Waals surface area contributed by atoms with Gasteiger partial charge >= 0.3 is 0 Å². The Bertz CT molecular complexity index is 161. The summed E-state index contributed by atoms with van der Waals surface area (Å²) >= 11 is 0. The van der Waals surface area contributed by atoms with Crippen molar-refractivity contribution in [3.8, 4) is 0 Å². The van der Waals surface area contributed by atoms with Crippen LogP contribution in [0.1, 0.15) is 32.6 Å². The Labute approximate surface area is 95.7 Å². The molecule has 0 aliphatic rings. The minimum absolute atomic E-state index is 0.361. The van der Waals surface area contributed by atoms with Crippen LogP contribution in [0.25, 0.3) is 0 Å². The number of carbonyl (C=O) groups is 1.